The summed E-state index contributed by atoms with van der Waals surface area (Å²) in [7, 11) is 0. The van der Waals surface area contributed by atoms with Gasteiger partial charge in [0.15, 0.2) is 0 Å². The number of hydrogen-bond acceptors (Lipinski definition) is 3. The summed E-state index contributed by atoms with van der Waals surface area (Å²) >= 11 is 12.1. The monoisotopic (exact) mass is 425 g/mol. The Balaban J connectivity index is 1.94. The molecule has 0 aliphatic heterocycles. The van der Waals surface area contributed by atoms with Gasteiger partial charge in [0.25, 0.3) is 5.91 Å². The van der Waals surface area contributed by atoms with Crippen LogP contribution in [-0.4, -0.2) is 15.6 Å². The highest BCUT2D eigenvalue weighted by Crippen LogP contribution is 2.30. The predicted octanol–water partition coefficient (Wildman–Crippen LogP) is 5.65. The van der Waals surface area contributed by atoms with Gasteiger partial charge in [-0.1, -0.05) is 29.3 Å². The average Bonchev–Trinajstić information content (AvgIpc) is 2.97. The minimum atomic E-state index is -0.578. The van der Waals surface area contributed by atoms with E-state index in [1.54, 1.807) is 42.5 Å². The number of hydrogen-bond donors (Lipinski definition) is 2. The molecular formula is C22H17Cl2N3O2. The molecule has 0 aliphatic carbocycles. The Morgan fingerprint density at radius 1 is 1.17 bits per heavy atom. The van der Waals surface area contributed by atoms with E-state index in [0.717, 1.165) is 22.6 Å². The van der Waals surface area contributed by atoms with Crippen molar-refractivity contribution < 1.29 is 9.90 Å². The third-order valence-electron chi connectivity index (χ3n) is 4.44. The number of carbonyl (C=O) groups excluding carboxylic acids is 1. The van der Waals surface area contributed by atoms with Crippen LogP contribution in [0.5, 0.6) is 5.75 Å². The molecule has 146 valence electrons. The summed E-state index contributed by atoms with van der Waals surface area (Å²) in [4.78, 5) is 12.6. The van der Waals surface area contributed by atoms with Crippen LogP contribution in [0.2, 0.25) is 10.0 Å². The lowest BCUT2D eigenvalue weighted by molar-refractivity contribution is -0.112. The Morgan fingerprint density at radius 3 is 2.52 bits per heavy atom. The van der Waals surface area contributed by atoms with E-state index in [9.17, 15) is 15.2 Å². The van der Waals surface area contributed by atoms with Crippen LogP contribution in [0.3, 0.4) is 0 Å². The number of anilines is 1. The average molecular weight is 426 g/mol. The molecule has 1 aromatic heterocycles. The quantitative estimate of drug-likeness (QED) is 0.418. The molecule has 2 aromatic carbocycles. The molecule has 5 nitrogen and oxygen atoms in total. The maximum absolute atomic E-state index is 12.6. The van der Waals surface area contributed by atoms with Gasteiger partial charge in [-0.3, -0.25) is 4.79 Å². The van der Waals surface area contributed by atoms with Crippen molar-refractivity contribution in [3.8, 4) is 17.5 Å². The second-order valence-electron chi connectivity index (χ2n) is 6.40. The molecule has 3 aromatic rings. The number of nitrogens with one attached hydrogen (secondary N) is 1. The first-order valence-corrected chi connectivity index (χ1v) is 9.43. The minimum absolute atomic E-state index is 0.0630. The summed E-state index contributed by atoms with van der Waals surface area (Å²) in [6, 6.07) is 15.5. The number of rotatable bonds is 4. The van der Waals surface area contributed by atoms with Crippen molar-refractivity contribution in [3.05, 3.63) is 81.1 Å². The molecule has 0 aliphatic rings. The molecule has 1 heterocycles. The molecule has 2 N–H and O–H groups in total. The minimum Gasteiger partial charge on any atom is -0.508 e. The van der Waals surface area contributed by atoms with E-state index in [2.05, 4.69) is 5.32 Å². The molecule has 0 bridgehead atoms. The van der Waals surface area contributed by atoms with Crippen molar-refractivity contribution in [2.24, 2.45) is 0 Å². The van der Waals surface area contributed by atoms with E-state index in [1.165, 1.54) is 6.08 Å². The van der Waals surface area contributed by atoms with Crippen LogP contribution >= 0.6 is 23.2 Å². The van der Waals surface area contributed by atoms with Crippen LogP contribution in [0.15, 0.2) is 54.1 Å². The first kappa shape index (κ1) is 20.5. The second-order valence-corrected chi connectivity index (χ2v) is 7.19. The number of carbonyl (C=O) groups is 1. The highest BCUT2D eigenvalue weighted by Gasteiger charge is 2.15. The molecule has 0 spiro atoms. The van der Waals surface area contributed by atoms with Gasteiger partial charge < -0.3 is 15.0 Å². The molecule has 0 atom stereocenters. The van der Waals surface area contributed by atoms with Gasteiger partial charge in [-0.2, -0.15) is 5.26 Å². The number of amides is 1. The predicted molar refractivity (Wildman–Crippen MR) is 116 cm³/mol. The zero-order chi connectivity index (χ0) is 21.1. The lowest BCUT2D eigenvalue weighted by Gasteiger charge is -2.10. The lowest BCUT2D eigenvalue weighted by Crippen LogP contribution is -2.13. The third-order valence-corrected chi connectivity index (χ3v) is 5.26. The maximum Gasteiger partial charge on any atom is 0.266 e. The molecule has 0 saturated heterocycles. The van der Waals surface area contributed by atoms with Crippen LogP contribution in [0.25, 0.3) is 11.8 Å². The van der Waals surface area contributed by atoms with Gasteiger partial charge in [0.1, 0.15) is 17.4 Å². The van der Waals surface area contributed by atoms with Gasteiger partial charge >= 0.3 is 0 Å². The summed E-state index contributed by atoms with van der Waals surface area (Å²) in [6.07, 6.45) is 1.53. The second kappa shape index (κ2) is 8.44. The van der Waals surface area contributed by atoms with Crippen molar-refractivity contribution in [2.75, 3.05) is 5.32 Å². The van der Waals surface area contributed by atoms with Crippen LogP contribution in [0.4, 0.5) is 5.69 Å². The number of aromatic hydroxyl groups is 1. The standard InChI is InChI=1S/C22H17Cl2N3O2/c1-13-10-15(14(2)27(13)17-6-8-18(28)9-7-17)11-16(12-25)22(29)26-20-5-3-4-19(23)21(20)24/h3-11,28H,1-2H3,(H,26,29). The molecule has 7 heteroatoms. The fraction of sp³-hybridized carbons (Fsp3) is 0.0909. The summed E-state index contributed by atoms with van der Waals surface area (Å²) in [6.45, 7) is 3.82. The van der Waals surface area contributed by atoms with E-state index in [-0.39, 0.29) is 16.3 Å². The van der Waals surface area contributed by atoms with Crippen molar-refractivity contribution in [3.63, 3.8) is 0 Å². The zero-order valence-electron chi connectivity index (χ0n) is 15.7. The number of halogens is 2. The van der Waals surface area contributed by atoms with Crippen LogP contribution in [0.1, 0.15) is 17.0 Å². The molecule has 1 amide bonds. The van der Waals surface area contributed by atoms with E-state index in [0.29, 0.717) is 10.7 Å². The SMILES string of the molecule is Cc1cc(C=C(C#N)C(=O)Nc2cccc(Cl)c2Cl)c(C)n1-c1ccc(O)cc1. The number of aryl methyl sites for hydroxylation is 1. The van der Waals surface area contributed by atoms with E-state index < -0.39 is 5.91 Å². The number of nitriles is 1. The van der Waals surface area contributed by atoms with Crippen molar-refractivity contribution in [1.29, 1.82) is 5.26 Å². The molecule has 0 fully saturated rings. The molecule has 3 rings (SSSR count). The van der Waals surface area contributed by atoms with Gasteiger partial charge in [-0.05, 0) is 68.0 Å². The fourth-order valence-electron chi connectivity index (χ4n) is 3.03. The Hall–Kier alpha value is -3.20. The van der Waals surface area contributed by atoms with Gasteiger partial charge in [0, 0.05) is 17.1 Å². The molecular weight excluding hydrogens is 409 g/mol. The number of phenolic OH excluding ortho intramolecular Hbond substituents is 1. The summed E-state index contributed by atoms with van der Waals surface area (Å²) in [5.41, 5.74) is 3.65. The molecule has 0 unspecified atom stereocenters. The first-order chi connectivity index (χ1) is 13.8. The normalized spacial score (nSPS) is 11.2. The van der Waals surface area contributed by atoms with Crippen LogP contribution in [0, 0.1) is 25.2 Å². The third kappa shape index (κ3) is 4.29. The topological polar surface area (TPSA) is 78.0 Å². The van der Waals surface area contributed by atoms with E-state index in [4.69, 9.17) is 23.2 Å². The highest BCUT2D eigenvalue weighted by molar-refractivity contribution is 6.44. The lowest BCUT2D eigenvalue weighted by atomic mass is 10.1. The Labute approximate surface area is 178 Å². The number of aromatic nitrogens is 1. The van der Waals surface area contributed by atoms with E-state index >= 15 is 0 Å². The summed E-state index contributed by atoms with van der Waals surface area (Å²) in [5, 5.41) is 22.1. The molecule has 0 saturated carbocycles. The number of benzene rings is 2. The van der Waals surface area contributed by atoms with Crippen LogP contribution in [-0.2, 0) is 4.79 Å². The van der Waals surface area contributed by atoms with E-state index in [1.807, 2.05) is 30.6 Å². The highest BCUT2D eigenvalue weighted by atomic mass is 35.5. The fourth-order valence-corrected chi connectivity index (χ4v) is 3.37. The van der Waals surface area contributed by atoms with Crippen molar-refractivity contribution in [1.82, 2.24) is 4.57 Å². The largest absolute Gasteiger partial charge is 0.508 e. The summed E-state index contributed by atoms with van der Waals surface area (Å²) < 4.78 is 1.98. The zero-order valence-corrected chi connectivity index (χ0v) is 17.2. The smallest absolute Gasteiger partial charge is 0.266 e. The molecule has 0 radical (unpaired) electrons. The Kier molecular flexibility index (Phi) is 5.97. The van der Waals surface area contributed by atoms with Crippen molar-refractivity contribution >= 4 is 40.9 Å². The van der Waals surface area contributed by atoms with Gasteiger partial charge in [0.2, 0.25) is 0 Å². The maximum atomic E-state index is 12.6. The Morgan fingerprint density at radius 2 is 1.86 bits per heavy atom. The van der Waals surface area contributed by atoms with Gasteiger partial charge in [-0.15, -0.1) is 0 Å². The van der Waals surface area contributed by atoms with Gasteiger partial charge in [-0.25, -0.2) is 0 Å². The Bertz CT molecular complexity index is 1160. The van der Waals surface area contributed by atoms with Gasteiger partial charge in [0.05, 0.1) is 15.7 Å². The first-order valence-electron chi connectivity index (χ1n) is 8.67. The van der Waals surface area contributed by atoms with Crippen molar-refractivity contribution in [2.45, 2.75) is 13.8 Å². The summed E-state index contributed by atoms with van der Waals surface area (Å²) in [5.74, 6) is -0.398. The van der Waals surface area contributed by atoms with Crippen LogP contribution < -0.4 is 5.32 Å². The number of phenols is 1. The molecule has 29 heavy (non-hydrogen) atoms. The number of nitrogens with zero attached hydrogens (tertiary/aromatic N) is 2.